The first kappa shape index (κ1) is 23.1. The van der Waals surface area contributed by atoms with E-state index in [1.54, 1.807) is 34.8 Å². The van der Waals surface area contributed by atoms with Gasteiger partial charge in [-0.3, -0.25) is 9.52 Å². The molecule has 0 fully saturated rings. The van der Waals surface area contributed by atoms with Crippen molar-refractivity contribution in [3.8, 4) is 10.6 Å². The Balaban J connectivity index is 1.66. The van der Waals surface area contributed by atoms with Crippen molar-refractivity contribution in [2.24, 2.45) is 0 Å². The Morgan fingerprint density at radius 2 is 2.09 bits per heavy atom. The number of benzene rings is 1. The summed E-state index contributed by atoms with van der Waals surface area (Å²) in [6, 6.07) is 5.69. The summed E-state index contributed by atoms with van der Waals surface area (Å²) in [6.07, 6.45) is 2.41. The number of aromatic nitrogens is 1. The first-order valence-corrected chi connectivity index (χ1v) is 14.0. The number of hydrogen-bond acceptors (Lipinski definition) is 8. The zero-order valence-electron chi connectivity index (χ0n) is 18.2. The minimum atomic E-state index is -3.36. The molecule has 0 aliphatic carbocycles. The highest BCUT2D eigenvalue weighted by atomic mass is 32.2. The van der Waals surface area contributed by atoms with Gasteiger partial charge in [-0.05, 0) is 36.7 Å². The molecule has 0 atom stereocenters. The molecule has 0 unspecified atom stereocenters. The van der Waals surface area contributed by atoms with E-state index in [9.17, 15) is 13.2 Å². The maximum atomic E-state index is 12.6. The van der Waals surface area contributed by atoms with Gasteiger partial charge in [0.05, 0.1) is 22.2 Å². The molecule has 4 N–H and O–H groups in total. The summed E-state index contributed by atoms with van der Waals surface area (Å²) in [5, 5.41) is 11.5. The number of carbonyl (C=O) groups is 1. The molecular weight excluding hydrogens is 466 g/mol. The molecule has 1 amide bonds. The summed E-state index contributed by atoms with van der Waals surface area (Å²) in [5.41, 5.74) is 3.44. The number of thiazole rings is 1. The number of carbonyl (C=O) groups excluding carboxylic acids is 1. The van der Waals surface area contributed by atoms with Crippen LogP contribution >= 0.6 is 22.7 Å². The number of amides is 1. The molecule has 3 aromatic rings. The zero-order chi connectivity index (χ0) is 22.9. The van der Waals surface area contributed by atoms with Gasteiger partial charge in [-0.25, -0.2) is 13.4 Å². The quantitative estimate of drug-likeness (QED) is 0.383. The zero-order valence-corrected chi connectivity index (χ0v) is 20.7. The molecule has 172 valence electrons. The van der Waals surface area contributed by atoms with Crippen LogP contribution in [-0.4, -0.2) is 44.7 Å². The van der Waals surface area contributed by atoms with Gasteiger partial charge >= 0.3 is 0 Å². The van der Waals surface area contributed by atoms with Crippen molar-refractivity contribution >= 4 is 59.5 Å². The van der Waals surface area contributed by atoms with Crippen molar-refractivity contribution in [2.45, 2.75) is 39.3 Å². The van der Waals surface area contributed by atoms with Gasteiger partial charge in [0.2, 0.25) is 15.9 Å². The monoisotopic (exact) mass is 493 g/mol. The lowest BCUT2D eigenvalue weighted by Gasteiger charge is -2.13. The summed E-state index contributed by atoms with van der Waals surface area (Å²) < 4.78 is 26.6. The van der Waals surface area contributed by atoms with Gasteiger partial charge in [0.25, 0.3) is 0 Å². The number of thiophene rings is 1. The molecule has 0 spiro atoms. The summed E-state index contributed by atoms with van der Waals surface area (Å²) >= 11 is 3.16. The van der Waals surface area contributed by atoms with Crippen LogP contribution in [0.5, 0.6) is 0 Å². The summed E-state index contributed by atoms with van der Waals surface area (Å²) in [5.74, 6) is -0.0216. The maximum absolute atomic E-state index is 12.6. The first-order valence-electron chi connectivity index (χ1n) is 10.5. The Hall–Kier alpha value is -2.05. The minimum Gasteiger partial charge on any atom is -0.317 e. The minimum absolute atomic E-state index is 0.0216. The van der Waals surface area contributed by atoms with Gasteiger partial charge in [-0.1, -0.05) is 13.8 Å². The third kappa shape index (κ3) is 5.46. The van der Waals surface area contributed by atoms with Crippen LogP contribution in [0.2, 0.25) is 0 Å². The van der Waals surface area contributed by atoms with Crippen LogP contribution in [-0.2, 0) is 27.8 Å². The third-order valence-electron chi connectivity index (χ3n) is 4.99. The largest absolute Gasteiger partial charge is 0.317 e. The molecule has 0 saturated carbocycles. The average Bonchev–Trinajstić information content (AvgIpc) is 3.26. The molecule has 2 aromatic heterocycles. The second-order valence-corrected chi connectivity index (χ2v) is 12.0. The van der Waals surface area contributed by atoms with Gasteiger partial charge in [0, 0.05) is 36.0 Å². The van der Waals surface area contributed by atoms with Gasteiger partial charge in [0.1, 0.15) is 10.0 Å². The predicted octanol–water partition coefficient (Wildman–Crippen LogP) is 3.37. The summed E-state index contributed by atoms with van der Waals surface area (Å²) in [7, 11) is -3.36. The van der Waals surface area contributed by atoms with Crippen LogP contribution in [0.25, 0.3) is 20.8 Å². The number of nitrogens with one attached hydrogen (secondary N) is 4. The molecule has 0 radical (unpaired) electrons. The van der Waals surface area contributed by atoms with Gasteiger partial charge < -0.3 is 16.0 Å². The van der Waals surface area contributed by atoms with Gasteiger partial charge in [0.15, 0.2) is 0 Å². The average molecular weight is 494 g/mol. The van der Waals surface area contributed by atoms with Crippen LogP contribution in [0.4, 0.5) is 10.7 Å². The molecule has 3 heterocycles. The number of hydrogen-bond donors (Lipinski definition) is 4. The SMILES string of the molecule is CC(C)NCCC(=O)Nc1sc2c(c1-c1nc3cc(NS(C)(=O)=O)ccc3s1)CCNC2. The summed E-state index contributed by atoms with van der Waals surface area (Å²) in [4.78, 5) is 18.6. The second kappa shape index (κ2) is 9.44. The maximum Gasteiger partial charge on any atom is 0.229 e. The number of rotatable bonds is 8. The highest BCUT2D eigenvalue weighted by Crippen LogP contribution is 2.45. The van der Waals surface area contributed by atoms with E-state index in [0.29, 0.717) is 24.7 Å². The van der Waals surface area contributed by atoms with Crippen LogP contribution < -0.4 is 20.7 Å². The van der Waals surface area contributed by atoms with E-state index in [-0.39, 0.29) is 5.91 Å². The molecule has 11 heteroatoms. The van der Waals surface area contributed by atoms with E-state index >= 15 is 0 Å². The van der Waals surface area contributed by atoms with Gasteiger partial charge in [-0.2, -0.15) is 0 Å². The van der Waals surface area contributed by atoms with Crippen molar-refractivity contribution in [3.05, 3.63) is 28.6 Å². The predicted molar refractivity (Wildman–Crippen MR) is 133 cm³/mol. The van der Waals surface area contributed by atoms with Crippen LogP contribution in [0, 0.1) is 0 Å². The molecule has 4 rings (SSSR count). The van der Waals surface area contributed by atoms with E-state index < -0.39 is 10.0 Å². The molecule has 0 saturated heterocycles. The normalized spacial score (nSPS) is 14.0. The Kier molecular flexibility index (Phi) is 6.82. The lowest BCUT2D eigenvalue weighted by Crippen LogP contribution is -2.27. The Morgan fingerprint density at radius 3 is 2.84 bits per heavy atom. The van der Waals surface area contributed by atoms with E-state index in [4.69, 9.17) is 4.98 Å². The fourth-order valence-electron chi connectivity index (χ4n) is 3.62. The number of nitrogens with zero attached hydrogens (tertiary/aromatic N) is 1. The molecule has 8 nitrogen and oxygen atoms in total. The standard InChI is InChI=1S/C21H27N5O3S3/c1-12(2)23-9-7-18(27)25-21-19(14-6-8-22-11-17(14)31-21)20-24-15-10-13(26-32(3,28)29)4-5-16(15)30-20/h4-5,10,12,22-23,26H,6-9,11H2,1-3H3,(H,25,27). The molecule has 32 heavy (non-hydrogen) atoms. The number of sulfonamides is 1. The fourth-order valence-corrected chi connectivity index (χ4v) is 6.50. The van der Waals surface area contributed by atoms with Gasteiger partial charge in [-0.15, -0.1) is 22.7 Å². The van der Waals surface area contributed by atoms with Crippen molar-refractivity contribution in [1.29, 1.82) is 0 Å². The van der Waals surface area contributed by atoms with Crippen LogP contribution in [0.1, 0.15) is 30.7 Å². The topological polar surface area (TPSA) is 112 Å². The Bertz CT molecular complexity index is 1250. The van der Waals surface area contributed by atoms with Crippen molar-refractivity contribution in [3.63, 3.8) is 0 Å². The highest BCUT2D eigenvalue weighted by molar-refractivity contribution is 7.92. The van der Waals surface area contributed by atoms with Crippen LogP contribution in [0.3, 0.4) is 0 Å². The molecule has 1 aliphatic rings. The highest BCUT2D eigenvalue weighted by Gasteiger charge is 2.25. The molecule has 1 aromatic carbocycles. The molecular formula is C21H27N5O3S3. The van der Waals surface area contributed by atoms with Crippen molar-refractivity contribution in [1.82, 2.24) is 15.6 Å². The van der Waals surface area contributed by atoms with Crippen LogP contribution in [0.15, 0.2) is 18.2 Å². The summed E-state index contributed by atoms with van der Waals surface area (Å²) in [6.45, 7) is 6.41. The van der Waals surface area contributed by atoms with E-state index in [1.807, 2.05) is 6.07 Å². The Labute approximate surface area is 195 Å². The first-order chi connectivity index (χ1) is 15.2. The van der Waals surface area contributed by atoms with E-state index in [0.717, 1.165) is 51.6 Å². The second-order valence-electron chi connectivity index (χ2n) is 8.12. The fraction of sp³-hybridized carbons (Fsp3) is 0.429. The number of anilines is 2. The van der Waals surface area contributed by atoms with Crippen molar-refractivity contribution < 1.29 is 13.2 Å². The van der Waals surface area contributed by atoms with Crippen molar-refractivity contribution in [2.75, 3.05) is 29.4 Å². The van der Waals surface area contributed by atoms with E-state index in [1.165, 1.54) is 10.4 Å². The lowest BCUT2D eigenvalue weighted by atomic mass is 10.0. The third-order valence-corrected chi connectivity index (χ3v) is 7.80. The lowest BCUT2D eigenvalue weighted by molar-refractivity contribution is -0.116. The molecule has 1 aliphatic heterocycles. The smallest absolute Gasteiger partial charge is 0.229 e. The number of fused-ring (bicyclic) bond motifs is 2. The van der Waals surface area contributed by atoms with E-state index in [2.05, 4.69) is 34.5 Å². The Morgan fingerprint density at radius 1 is 1.28 bits per heavy atom. The molecule has 0 bridgehead atoms.